The number of aromatic nitrogens is 2. The number of rotatable bonds is 6. The summed E-state index contributed by atoms with van der Waals surface area (Å²) in [7, 11) is 0. The van der Waals surface area contributed by atoms with E-state index < -0.39 is 0 Å². The Morgan fingerprint density at radius 1 is 1.25 bits per heavy atom. The second kappa shape index (κ2) is 8.08. The average molecular weight is 356 g/mol. The van der Waals surface area contributed by atoms with Crippen molar-refractivity contribution in [2.75, 3.05) is 0 Å². The molecule has 0 amide bonds. The number of carbonyl (C=O) groups excluding carboxylic acids is 1. The highest BCUT2D eigenvalue weighted by Gasteiger charge is 2.15. The van der Waals surface area contributed by atoms with Crippen molar-refractivity contribution in [1.29, 1.82) is 0 Å². The molecule has 24 heavy (non-hydrogen) atoms. The highest BCUT2D eigenvalue weighted by atomic mass is 32.2. The van der Waals surface area contributed by atoms with E-state index in [1.54, 1.807) is 36.3 Å². The number of esters is 1. The predicted molar refractivity (Wildman–Crippen MR) is 96.2 cm³/mol. The van der Waals surface area contributed by atoms with Gasteiger partial charge >= 0.3 is 5.97 Å². The first-order chi connectivity index (χ1) is 11.7. The standard InChI is InChI=1S/C18H16N2O2S2/c1-13(17-20-9-10-23-17)22-18(21)15-4-6-16(7-5-15)24-12-14-3-2-8-19-11-14/h2-11,13H,12H2,1H3. The van der Waals surface area contributed by atoms with Gasteiger partial charge in [-0.1, -0.05) is 6.07 Å². The zero-order valence-electron chi connectivity index (χ0n) is 13.1. The monoisotopic (exact) mass is 356 g/mol. The zero-order valence-corrected chi connectivity index (χ0v) is 14.7. The third-order valence-electron chi connectivity index (χ3n) is 3.30. The van der Waals surface area contributed by atoms with Crippen molar-refractivity contribution in [1.82, 2.24) is 9.97 Å². The van der Waals surface area contributed by atoms with Crippen LogP contribution in [0.4, 0.5) is 0 Å². The number of thioether (sulfide) groups is 1. The van der Waals surface area contributed by atoms with Crippen LogP contribution in [0, 0.1) is 0 Å². The smallest absolute Gasteiger partial charge is 0.338 e. The largest absolute Gasteiger partial charge is 0.452 e. The van der Waals surface area contributed by atoms with E-state index in [0.717, 1.165) is 15.7 Å². The molecule has 0 fully saturated rings. The number of hydrogen-bond acceptors (Lipinski definition) is 6. The van der Waals surface area contributed by atoms with Crippen LogP contribution >= 0.6 is 23.1 Å². The molecule has 6 heteroatoms. The van der Waals surface area contributed by atoms with Gasteiger partial charge in [0, 0.05) is 34.6 Å². The van der Waals surface area contributed by atoms with Crippen molar-refractivity contribution in [3.8, 4) is 0 Å². The number of hydrogen-bond donors (Lipinski definition) is 0. The number of ether oxygens (including phenoxy) is 1. The van der Waals surface area contributed by atoms with Crippen molar-refractivity contribution in [3.05, 3.63) is 76.5 Å². The molecule has 2 heterocycles. The lowest BCUT2D eigenvalue weighted by atomic mass is 10.2. The second-order valence-electron chi connectivity index (χ2n) is 5.09. The van der Waals surface area contributed by atoms with Crippen molar-refractivity contribution in [3.63, 3.8) is 0 Å². The first-order valence-corrected chi connectivity index (χ1v) is 9.31. The second-order valence-corrected chi connectivity index (χ2v) is 7.07. The maximum atomic E-state index is 12.2. The highest BCUT2D eigenvalue weighted by molar-refractivity contribution is 7.98. The highest BCUT2D eigenvalue weighted by Crippen LogP contribution is 2.24. The molecule has 0 N–H and O–H groups in total. The molecule has 0 radical (unpaired) electrons. The van der Waals surface area contributed by atoms with Gasteiger partial charge in [-0.2, -0.15) is 0 Å². The van der Waals surface area contributed by atoms with E-state index in [9.17, 15) is 4.79 Å². The molecule has 1 unspecified atom stereocenters. The predicted octanol–water partition coefficient (Wildman–Crippen LogP) is 4.75. The number of carbonyl (C=O) groups is 1. The van der Waals surface area contributed by atoms with Gasteiger partial charge in [-0.15, -0.1) is 23.1 Å². The molecule has 1 atom stereocenters. The van der Waals surface area contributed by atoms with E-state index in [4.69, 9.17) is 4.74 Å². The maximum absolute atomic E-state index is 12.2. The minimum atomic E-state index is -0.336. The van der Waals surface area contributed by atoms with Crippen LogP contribution in [0.5, 0.6) is 0 Å². The van der Waals surface area contributed by atoms with Crippen molar-refractivity contribution >= 4 is 29.1 Å². The maximum Gasteiger partial charge on any atom is 0.338 e. The summed E-state index contributed by atoms with van der Waals surface area (Å²) in [5.74, 6) is 0.514. The Hall–Kier alpha value is -2.18. The Labute approximate surface area is 148 Å². The third kappa shape index (κ3) is 4.43. The van der Waals surface area contributed by atoms with Crippen LogP contribution in [0.3, 0.4) is 0 Å². The molecule has 1 aromatic carbocycles. The Kier molecular flexibility index (Phi) is 5.61. The van der Waals surface area contributed by atoms with E-state index in [1.807, 2.05) is 42.8 Å². The van der Waals surface area contributed by atoms with Crippen molar-refractivity contribution in [2.45, 2.75) is 23.7 Å². The Balaban J connectivity index is 1.56. The Morgan fingerprint density at radius 3 is 2.75 bits per heavy atom. The molecule has 0 aliphatic rings. The molecule has 0 bridgehead atoms. The SMILES string of the molecule is CC(OC(=O)c1ccc(SCc2cccnc2)cc1)c1nccs1. The molecule has 0 saturated carbocycles. The van der Waals surface area contributed by atoms with Crippen molar-refractivity contribution in [2.24, 2.45) is 0 Å². The summed E-state index contributed by atoms with van der Waals surface area (Å²) in [6, 6.07) is 11.4. The van der Waals surface area contributed by atoms with Gasteiger partial charge in [0.05, 0.1) is 5.56 Å². The normalized spacial score (nSPS) is 11.9. The number of benzene rings is 1. The van der Waals surface area contributed by atoms with Gasteiger partial charge in [-0.05, 0) is 42.8 Å². The first kappa shape index (κ1) is 16.7. The molecule has 122 valence electrons. The summed E-state index contributed by atoms with van der Waals surface area (Å²) in [6.45, 7) is 1.83. The fourth-order valence-electron chi connectivity index (χ4n) is 2.05. The van der Waals surface area contributed by atoms with E-state index >= 15 is 0 Å². The summed E-state index contributed by atoms with van der Waals surface area (Å²) < 4.78 is 5.44. The molecule has 0 aliphatic carbocycles. The fourth-order valence-corrected chi connectivity index (χ4v) is 3.51. The van der Waals surface area contributed by atoms with E-state index in [-0.39, 0.29) is 12.1 Å². The topological polar surface area (TPSA) is 52.1 Å². The summed E-state index contributed by atoms with van der Waals surface area (Å²) in [4.78, 5) is 21.5. The summed E-state index contributed by atoms with van der Waals surface area (Å²) in [6.07, 6.45) is 5.00. The number of pyridine rings is 1. The van der Waals surface area contributed by atoms with E-state index in [2.05, 4.69) is 9.97 Å². The molecule has 0 saturated heterocycles. The van der Waals surface area contributed by atoms with Crippen LogP contribution in [-0.2, 0) is 10.5 Å². The molecule has 2 aromatic heterocycles. The van der Waals surface area contributed by atoms with Crippen LogP contribution < -0.4 is 0 Å². The van der Waals surface area contributed by atoms with Crippen LogP contribution in [0.2, 0.25) is 0 Å². The van der Waals surface area contributed by atoms with Crippen LogP contribution in [0.1, 0.15) is 34.0 Å². The zero-order chi connectivity index (χ0) is 16.8. The van der Waals surface area contributed by atoms with E-state index in [1.165, 1.54) is 16.9 Å². The van der Waals surface area contributed by atoms with Crippen LogP contribution in [0.25, 0.3) is 0 Å². The number of nitrogens with zero attached hydrogens (tertiary/aromatic N) is 2. The van der Waals surface area contributed by atoms with Gasteiger partial charge in [-0.25, -0.2) is 9.78 Å². The third-order valence-corrected chi connectivity index (χ3v) is 5.32. The first-order valence-electron chi connectivity index (χ1n) is 7.44. The number of thiazole rings is 1. The lowest BCUT2D eigenvalue weighted by molar-refractivity contribution is 0.0337. The van der Waals surface area contributed by atoms with Gasteiger partial charge in [-0.3, -0.25) is 4.98 Å². The quantitative estimate of drug-likeness (QED) is 0.471. The molecule has 3 rings (SSSR count). The van der Waals surface area contributed by atoms with Gasteiger partial charge in [0.15, 0.2) is 6.10 Å². The molecule has 4 nitrogen and oxygen atoms in total. The lowest BCUT2D eigenvalue weighted by Gasteiger charge is -2.10. The molecular weight excluding hydrogens is 340 g/mol. The average Bonchev–Trinajstić information content (AvgIpc) is 3.16. The molecule has 0 spiro atoms. The molecule has 3 aromatic rings. The summed E-state index contributed by atoms with van der Waals surface area (Å²) >= 11 is 3.18. The van der Waals surface area contributed by atoms with E-state index in [0.29, 0.717) is 5.56 Å². The Bertz CT molecular complexity index is 775. The Morgan fingerprint density at radius 2 is 2.08 bits per heavy atom. The molecular formula is C18H16N2O2S2. The lowest BCUT2D eigenvalue weighted by Crippen LogP contribution is -2.08. The fraction of sp³-hybridized carbons (Fsp3) is 0.167. The summed E-state index contributed by atoms with van der Waals surface area (Å²) in [5.41, 5.74) is 1.72. The van der Waals surface area contributed by atoms with Crippen molar-refractivity contribution < 1.29 is 9.53 Å². The van der Waals surface area contributed by atoms with Crippen LogP contribution in [-0.4, -0.2) is 15.9 Å². The van der Waals surface area contributed by atoms with Gasteiger partial charge in [0.1, 0.15) is 5.01 Å². The minimum Gasteiger partial charge on any atom is -0.452 e. The van der Waals surface area contributed by atoms with Gasteiger partial charge in [0.25, 0.3) is 0 Å². The van der Waals surface area contributed by atoms with Gasteiger partial charge < -0.3 is 4.74 Å². The minimum absolute atomic E-state index is 0.332. The van der Waals surface area contributed by atoms with Crippen LogP contribution in [0.15, 0.2) is 65.3 Å². The molecule has 0 aliphatic heterocycles. The summed E-state index contributed by atoms with van der Waals surface area (Å²) in [5, 5.41) is 2.67. The van der Waals surface area contributed by atoms with Gasteiger partial charge in [0.2, 0.25) is 0 Å².